The van der Waals surface area contributed by atoms with Crippen molar-refractivity contribution >= 4 is 34.7 Å². The lowest BCUT2D eigenvalue weighted by atomic mass is 10.1. The summed E-state index contributed by atoms with van der Waals surface area (Å²) in [7, 11) is 6.08. The normalized spacial score (nSPS) is 15.1. The highest BCUT2D eigenvalue weighted by Crippen LogP contribution is 2.41. The Hall–Kier alpha value is -3.13. The first kappa shape index (κ1) is 19.6. The van der Waals surface area contributed by atoms with E-state index in [9.17, 15) is 9.59 Å². The number of methoxy groups -OCH3 is 4. The molecule has 0 spiro atoms. The number of amides is 2. The number of rotatable bonds is 6. The molecule has 0 unspecified atom stereocenters. The predicted molar refractivity (Wildman–Crippen MR) is 108 cm³/mol. The second kappa shape index (κ2) is 8.26. The molecule has 0 aromatic heterocycles. The maximum Gasteiger partial charge on any atom is 0.298 e. The highest BCUT2D eigenvalue weighted by atomic mass is 32.2. The Kier molecular flexibility index (Phi) is 5.79. The first-order valence-electron chi connectivity index (χ1n) is 8.24. The van der Waals surface area contributed by atoms with Gasteiger partial charge in [-0.3, -0.25) is 9.59 Å². The van der Waals surface area contributed by atoms with E-state index in [0.717, 1.165) is 16.7 Å². The monoisotopic (exact) mass is 401 g/mol. The van der Waals surface area contributed by atoms with Crippen LogP contribution >= 0.6 is 11.8 Å². The summed E-state index contributed by atoms with van der Waals surface area (Å²) in [6.07, 6.45) is 1.64. The van der Waals surface area contributed by atoms with Crippen LogP contribution in [0.1, 0.15) is 5.56 Å². The summed E-state index contributed by atoms with van der Waals surface area (Å²) >= 11 is 0.864. The highest BCUT2D eigenvalue weighted by molar-refractivity contribution is 8.19. The standard InChI is InChI=1S/C20H19NO6S/c1-24-13-6-7-14(16(11-13)26-3)21-19(22)18(28-20(21)23)10-12-5-8-15(25-2)17(9-12)27-4/h5-11H,1-4H3/b18-10-. The van der Waals surface area contributed by atoms with Crippen molar-refractivity contribution in [3.8, 4) is 23.0 Å². The van der Waals surface area contributed by atoms with Crippen LogP contribution in [0.3, 0.4) is 0 Å². The summed E-state index contributed by atoms with van der Waals surface area (Å²) in [5, 5.41) is -0.403. The first-order chi connectivity index (χ1) is 13.5. The smallest absolute Gasteiger partial charge is 0.298 e. The second-order valence-electron chi connectivity index (χ2n) is 5.67. The fraction of sp³-hybridized carbons (Fsp3) is 0.200. The van der Waals surface area contributed by atoms with Gasteiger partial charge in [0.2, 0.25) is 0 Å². The van der Waals surface area contributed by atoms with Crippen LogP contribution in [0.25, 0.3) is 6.08 Å². The van der Waals surface area contributed by atoms with Crippen molar-refractivity contribution in [2.75, 3.05) is 33.3 Å². The van der Waals surface area contributed by atoms with Gasteiger partial charge in [-0.1, -0.05) is 6.07 Å². The summed E-state index contributed by atoms with van der Waals surface area (Å²) in [5.74, 6) is 1.62. The zero-order valence-corrected chi connectivity index (χ0v) is 16.7. The molecule has 1 aliphatic rings. The van der Waals surface area contributed by atoms with Gasteiger partial charge in [0.15, 0.2) is 11.5 Å². The second-order valence-corrected chi connectivity index (χ2v) is 6.66. The molecule has 1 saturated heterocycles. The third-order valence-corrected chi connectivity index (χ3v) is 5.00. The van der Waals surface area contributed by atoms with Crippen LogP contribution in [-0.4, -0.2) is 39.6 Å². The number of carbonyl (C=O) groups is 2. The first-order valence-corrected chi connectivity index (χ1v) is 9.06. The number of thioether (sulfide) groups is 1. The molecule has 1 heterocycles. The maximum atomic E-state index is 12.9. The molecule has 1 fully saturated rings. The van der Waals surface area contributed by atoms with E-state index in [1.807, 2.05) is 0 Å². The van der Waals surface area contributed by atoms with Crippen molar-refractivity contribution in [3.63, 3.8) is 0 Å². The van der Waals surface area contributed by atoms with Crippen molar-refractivity contribution in [2.45, 2.75) is 0 Å². The van der Waals surface area contributed by atoms with Crippen LogP contribution in [0.5, 0.6) is 23.0 Å². The van der Waals surface area contributed by atoms with E-state index in [0.29, 0.717) is 39.2 Å². The zero-order valence-electron chi connectivity index (χ0n) is 15.8. The summed E-state index contributed by atoms with van der Waals surface area (Å²) in [6, 6.07) is 10.2. The number of carbonyl (C=O) groups excluding carboxylic acids is 2. The third-order valence-electron chi connectivity index (χ3n) is 4.13. The number of hydrogen-bond donors (Lipinski definition) is 0. The summed E-state index contributed by atoms with van der Waals surface area (Å²) in [5.41, 5.74) is 1.08. The Morgan fingerprint density at radius 1 is 0.821 bits per heavy atom. The van der Waals surface area contributed by atoms with Gasteiger partial charge in [-0.15, -0.1) is 0 Å². The van der Waals surface area contributed by atoms with Crippen molar-refractivity contribution in [2.24, 2.45) is 0 Å². The van der Waals surface area contributed by atoms with Crippen LogP contribution in [0, 0.1) is 0 Å². The Labute approximate surface area is 166 Å². The molecule has 8 heteroatoms. The Morgan fingerprint density at radius 2 is 1.54 bits per heavy atom. The SMILES string of the molecule is COc1ccc(N2C(=O)S/C(=C\c3ccc(OC)c(OC)c3)C2=O)c(OC)c1. The molecule has 28 heavy (non-hydrogen) atoms. The van der Waals surface area contributed by atoms with Gasteiger partial charge >= 0.3 is 0 Å². The molecule has 146 valence electrons. The molecule has 7 nitrogen and oxygen atoms in total. The molecule has 0 atom stereocenters. The molecular weight excluding hydrogens is 382 g/mol. The number of benzene rings is 2. The topological polar surface area (TPSA) is 74.3 Å². The lowest BCUT2D eigenvalue weighted by Crippen LogP contribution is -2.28. The van der Waals surface area contributed by atoms with E-state index in [4.69, 9.17) is 18.9 Å². The lowest BCUT2D eigenvalue weighted by molar-refractivity contribution is -0.113. The molecule has 2 amide bonds. The summed E-state index contributed by atoms with van der Waals surface area (Å²) in [4.78, 5) is 26.8. The zero-order chi connectivity index (χ0) is 20.3. The molecule has 0 saturated carbocycles. The van der Waals surface area contributed by atoms with Crippen LogP contribution in [-0.2, 0) is 4.79 Å². The molecular formula is C20H19NO6S. The molecule has 0 N–H and O–H groups in total. The number of imide groups is 1. The van der Waals surface area contributed by atoms with Gasteiger partial charge in [-0.25, -0.2) is 4.90 Å². The summed E-state index contributed by atoms with van der Waals surface area (Å²) < 4.78 is 21.0. The molecule has 0 radical (unpaired) electrons. The van der Waals surface area contributed by atoms with Crippen LogP contribution in [0.15, 0.2) is 41.3 Å². The average Bonchev–Trinajstić information content (AvgIpc) is 3.00. The Morgan fingerprint density at radius 3 is 2.18 bits per heavy atom. The molecule has 3 rings (SSSR count). The van der Waals surface area contributed by atoms with Crippen molar-refractivity contribution < 1.29 is 28.5 Å². The number of ether oxygens (including phenoxy) is 4. The largest absolute Gasteiger partial charge is 0.497 e. The molecule has 0 aliphatic carbocycles. The molecule has 0 bridgehead atoms. The van der Waals surface area contributed by atoms with Crippen LogP contribution in [0.2, 0.25) is 0 Å². The number of nitrogens with zero attached hydrogens (tertiary/aromatic N) is 1. The van der Waals surface area contributed by atoms with Crippen molar-refractivity contribution in [1.29, 1.82) is 0 Å². The average molecular weight is 401 g/mol. The fourth-order valence-electron chi connectivity index (χ4n) is 2.74. The van der Waals surface area contributed by atoms with Gasteiger partial charge in [0.1, 0.15) is 11.5 Å². The molecule has 2 aromatic rings. The lowest BCUT2D eigenvalue weighted by Gasteiger charge is -2.17. The Balaban J connectivity index is 1.95. The maximum absolute atomic E-state index is 12.9. The van der Waals surface area contributed by atoms with Crippen LogP contribution in [0.4, 0.5) is 10.5 Å². The quantitative estimate of drug-likeness (QED) is 0.678. The molecule has 1 aliphatic heterocycles. The van der Waals surface area contributed by atoms with Gasteiger partial charge in [0, 0.05) is 6.07 Å². The van der Waals surface area contributed by atoms with Crippen molar-refractivity contribution in [1.82, 2.24) is 0 Å². The molecule has 2 aromatic carbocycles. The van der Waals surface area contributed by atoms with E-state index < -0.39 is 11.1 Å². The predicted octanol–water partition coefficient (Wildman–Crippen LogP) is 3.96. The van der Waals surface area contributed by atoms with E-state index >= 15 is 0 Å². The van der Waals surface area contributed by atoms with E-state index in [1.165, 1.54) is 21.3 Å². The van der Waals surface area contributed by atoms with E-state index in [2.05, 4.69) is 0 Å². The third kappa shape index (κ3) is 3.63. The van der Waals surface area contributed by atoms with Gasteiger partial charge < -0.3 is 18.9 Å². The van der Waals surface area contributed by atoms with Crippen LogP contribution < -0.4 is 23.8 Å². The van der Waals surface area contributed by atoms with E-state index in [-0.39, 0.29) is 0 Å². The minimum absolute atomic E-state index is 0.301. The highest BCUT2D eigenvalue weighted by Gasteiger charge is 2.38. The van der Waals surface area contributed by atoms with E-state index in [1.54, 1.807) is 49.6 Å². The Bertz CT molecular complexity index is 956. The minimum atomic E-state index is -0.423. The number of hydrogen-bond acceptors (Lipinski definition) is 7. The number of anilines is 1. The summed E-state index contributed by atoms with van der Waals surface area (Å²) in [6.45, 7) is 0. The van der Waals surface area contributed by atoms with Gasteiger partial charge in [-0.2, -0.15) is 0 Å². The fourth-order valence-corrected chi connectivity index (χ4v) is 3.57. The van der Waals surface area contributed by atoms with Gasteiger partial charge in [0.25, 0.3) is 11.1 Å². The van der Waals surface area contributed by atoms with Gasteiger partial charge in [-0.05, 0) is 47.7 Å². The minimum Gasteiger partial charge on any atom is -0.497 e. The van der Waals surface area contributed by atoms with Gasteiger partial charge in [0.05, 0.1) is 39.0 Å². The van der Waals surface area contributed by atoms with Crippen molar-refractivity contribution in [3.05, 3.63) is 46.9 Å².